The van der Waals surface area contributed by atoms with Gasteiger partial charge in [0.1, 0.15) is 0 Å². The Morgan fingerprint density at radius 3 is 2.67 bits per heavy atom. The molecule has 1 saturated heterocycles. The van der Waals surface area contributed by atoms with Crippen molar-refractivity contribution in [2.45, 2.75) is 33.7 Å². The zero-order valence-corrected chi connectivity index (χ0v) is 14.2. The number of aryl methyl sites for hydroxylation is 1. The lowest BCUT2D eigenvalue weighted by Gasteiger charge is -2.25. The van der Waals surface area contributed by atoms with Gasteiger partial charge in [-0.3, -0.25) is 0 Å². The van der Waals surface area contributed by atoms with Crippen molar-refractivity contribution >= 4 is 5.69 Å². The Bertz CT molecular complexity index is 442. The van der Waals surface area contributed by atoms with Crippen molar-refractivity contribution in [3.05, 3.63) is 29.3 Å². The zero-order valence-electron chi connectivity index (χ0n) is 14.2. The number of nitrogens with one attached hydrogen (secondary N) is 1. The molecular formula is C18H31N3. The van der Waals surface area contributed by atoms with Crippen molar-refractivity contribution in [1.82, 2.24) is 10.2 Å². The molecule has 0 aromatic heterocycles. The van der Waals surface area contributed by atoms with E-state index in [9.17, 15) is 0 Å². The number of rotatable bonds is 5. The Labute approximate surface area is 130 Å². The van der Waals surface area contributed by atoms with E-state index in [1.807, 2.05) is 0 Å². The van der Waals surface area contributed by atoms with E-state index in [1.54, 1.807) is 0 Å². The van der Waals surface area contributed by atoms with Crippen LogP contribution in [-0.2, 0) is 6.54 Å². The van der Waals surface area contributed by atoms with Crippen LogP contribution in [0.5, 0.6) is 0 Å². The van der Waals surface area contributed by atoms with Gasteiger partial charge in [0.2, 0.25) is 0 Å². The number of benzene rings is 1. The summed E-state index contributed by atoms with van der Waals surface area (Å²) < 4.78 is 0. The Morgan fingerprint density at radius 1 is 1.14 bits per heavy atom. The number of nitrogens with zero attached hydrogens (tertiary/aromatic N) is 2. The lowest BCUT2D eigenvalue weighted by Crippen LogP contribution is -2.29. The second kappa shape index (κ2) is 7.81. The van der Waals surface area contributed by atoms with Gasteiger partial charge in [-0.1, -0.05) is 26.0 Å². The fourth-order valence-electron chi connectivity index (χ4n) is 2.97. The van der Waals surface area contributed by atoms with E-state index < -0.39 is 0 Å². The molecule has 0 saturated carbocycles. The minimum absolute atomic E-state index is 0.708. The fraction of sp³-hybridized carbons (Fsp3) is 0.667. The number of hydrogen-bond acceptors (Lipinski definition) is 3. The first kappa shape index (κ1) is 16.3. The van der Waals surface area contributed by atoms with Crippen LogP contribution in [0.15, 0.2) is 18.2 Å². The Morgan fingerprint density at radius 2 is 1.95 bits per heavy atom. The van der Waals surface area contributed by atoms with Gasteiger partial charge in [0.15, 0.2) is 0 Å². The third-order valence-corrected chi connectivity index (χ3v) is 4.20. The van der Waals surface area contributed by atoms with Gasteiger partial charge in [0, 0.05) is 31.9 Å². The standard InChI is InChI=1S/C18H31N3/c1-15(2)13-19-14-17-6-7-18(16(3)12-17)21-9-5-8-20(4)10-11-21/h6-7,12,15,19H,5,8-11,13-14H2,1-4H3. The van der Waals surface area contributed by atoms with Gasteiger partial charge in [-0.05, 0) is 56.6 Å². The zero-order chi connectivity index (χ0) is 15.2. The van der Waals surface area contributed by atoms with Crippen LogP contribution >= 0.6 is 0 Å². The van der Waals surface area contributed by atoms with Gasteiger partial charge in [-0.2, -0.15) is 0 Å². The van der Waals surface area contributed by atoms with Crippen molar-refractivity contribution in [3.8, 4) is 0 Å². The average molecular weight is 289 g/mol. The van der Waals surface area contributed by atoms with Crippen LogP contribution in [0.2, 0.25) is 0 Å². The molecule has 1 aliphatic heterocycles. The van der Waals surface area contributed by atoms with Crippen LogP contribution in [0, 0.1) is 12.8 Å². The molecule has 2 rings (SSSR count). The van der Waals surface area contributed by atoms with Crippen molar-refractivity contribution < 1.29 is 0 Å². The summed E-state index contributed by atoms with van der Waals surface area (Å²) in [5, 5.41) is 3.52. The molecule has 1 aliphatic rings. The second-order valence-electron chi connectivity index (χ2n) is 6.79. The summed E-state index contributed by atoms with van der Waals surface area (Å²) >= 11 is 0. The molecular weight excluding hydrogens is 258 g/mol. The molecule has 0 bridgehead atoms. The van der Waals surface area contributed by atoms with E-state index in [0.29, 0.717) is 5.92 Å². The van der Waals surface area contributed by atoms with Crippen LogP contribution in [-0.4, -0.2) is 44.7 Å². The maximum atomic E-state index is 3.52. The molecule has 1 fully saturated rings. The molecule has 1 heterocycles. The summed E-state index contributed by atoms with van der Waals surface area (Å²) in [6.07, 6.45) is 1.26. The number of anilines is 1. The molecule has 0 amide bonds. The molecule has 0 unspecified atom stereocenters. The molecule has 3 heteroatoms. The Kier molecular flexibility index (Phi) is 6.07. The summed E-state index contributed by atoms with van der Waals surface area (Å²) in [4.78, 5) is 4.98. The van der Waals surface area contributed by atoms with Crippen LogP contribution in [0.1, 0.15) is 31.4 Å². The molecule has 3 nitrogen and oxygen atoms in total. The number of likely N-dealkylation sites (N-methyl/N-ethyl adjacent to an activating group) is 1. The monoisotopic (exact) mass is 289 g/mol. The maximum Gasteiger partial charge on any atom is 0.0396 e. The summed E-state index contributed by atoms with van der Waals surface area (Å²) in [5.74, 6) is 0.708. The van der Waals surface area contributed by atoms with Crippen molar-refractivity contribution in [3.63, 3.8) is 0 Å². The van der Waals surface area contributed by atoms with Crippen LogP contribution in [0.25, 0.3) is 0 Å². The summed E-state index contributed by atoms with van der Waals surface area (Å²) in [5.41, 5.74) is 4.21. The normalized spacial score (nSPS) is 17.3. The Hall–Kier alpha value is -1.06. The Balaban J connectivity index is 1.98. The average Bonchev–Trinajstić information content (AvgIpc) is 2.63. The van der Waals surface area contributed by atoms with Crippen molar-refractivity contribution in [2.24, 2.45) is 5.92 Å². The van der Waals surface area contributed by atoms with Gasteiger partial charge >= 0.3 is 0 Å². The second-order valence-corrected chi connectivity index (χ2v) is 6.79. The molecule has 0 aliphatic carbocycles. The van der Waals surface area contributed by atoms with E-state index in [2.05, 4.69) is 61.1 Å². The lowest BCUT2D eigenvalue weighted by atomic mass is 10.1. The third kappa shape index (κ3) is 5.01. The van der Waals surface area contributed by atoms with Crippen molar-refractivity contribution in [2.75, 3.05) is 44.7 Å². The van der Waals surface area contributed by atoms with Crippen LogP contribution < -0.4 is 10.2 Å². The summed E-state index contributed by atoms with van der Waals surface area (Å²) in [7, 11) is 2.22. The smallest absolute Gasteiger partial charge is 0.0396 e. The molecule has 118 valence electrons. The van der Waals surface area contributed by atoms with E-state index in [0.717, 1.165) is 26.2 Å². The first-order valence-corrected chi connectivity index (χ1v) is 8.30. The largest absolute Gasteiger partial charge is 0.370 e. The molecule has 1 N–H and O–H groups in total. The quantitative estimate of drug-likeness (QED) is 0.899. The molecule has 1 aromatic carbocycles. The highest BCUT2D eigenvalue weighted by atomic mass is 15.2. The predicted octanol–water partition coefficient (Wildman–Crippen LogP) is 2.88. The van der Waals surface area contributed by atoms with Gasteiger partial charge in [-0.25, -0.2) is 0 Å². The van der Waals surface area contributed by atoms with E-state index in [-0.39, 0.29) is 0 Å². The highest BCUT2D eigenvalue weighted by Crippen LogP contribution is 2.22. The van der Waals surface area contributed by atoms with E-state index in [1.165, 1.54) is 36.3 Å². The number of hydrogen-bond donors (Lipinski definition) is 1. The molecule has 21 heavy (non-hydrogen) atoms. The minimum Gasteiger partial charge on any atom is -0.370 e. The lowest BCUT2D eigenvalue weighted by molar-refractivity contribution is 0.360. The van der Waals surface area contributed by atoms with Crippen LogP contribution in [0.3, 0.4) is 0 Å². The topological polar surface area (TPSA) is 18.5 Å². The highest BCUT2D eigenvalue weighted by molar-refractivity contribution is 5.54. The summed E-state index contributed by atoms with van der Waals surface area (Å²) in [6, 6.07) is 6.94. The first-order valence-electron chi connectivity index (χ1n) is 8.30. The minimum atomic E-state index is 0.708. The SMILES string of the molecule is Cc1cc(CNCC(C)C)ccc1N1CCCN(C)CC1. The molecule has 0 radical (unpaired) electrons. The van der Waals surface area contributed by atoms with E-state index >= 15 is 0 Å². The van der Waals surface area contributed by atoms with Gasteiger partial charge in [-0.15, -0.1) is 0 Å². The fourth-order valence-corrected chi connectivity index (χ4v) is 2.97. The molecule has 0 spiro atoms. The molecule has 0 atom stereocenters. The summed E-state index contributed by atoms with van der Waals surface area (Å²) in [6.45, 7) is 13.5. The first-order chi connectivity index (χ1) is 10.1. The third-order valence-electron chi connectivity index (χ3n) is 4.20. The highest BCUT2D eigenvalue weighted by Gasteiger charge is 2.14. The van der Waals surface area contributed by atoms with Crippen LogP contribution in [0.4, 0.5) is 5.69 Å². The van der Waals surface area contributed by atoms with Gasteiger partial charge in [0.25, 0.3) is 0 Å². The maximum absolute atomic E-state index is 3.52. The van der Waals surface area contributed by atoms with Gasteiger partial charge < -0.3 is 15.1 Å². The predicted molar refractivity (Wildman–Crippen MR) is 92.1 cm³/mol. The molecule has 1 aromatic rings. The van der Waals surface area contributed by atoms with E-state index in [4.69, 9.17) is 0 Å². The van der Waals surface area contributed by atoms with Gasteiger partial charge in [0.05, 0.1) is 0 Å². The van der Waals surface area contributed by atoms with Crippen molar-refractivity contribution in [1.29, 1.82) is 0 Å².